The van der Waals surface area contributed by atoms with Gasteiger partial charge in [0.15, 0.2) is 17.5 Å². The molecule has 0 radical (unpaired) electrons. The molecule has 11 aromatic rings. The number of hydrogen-bond donors (Lipinski definition) is 0. The van der Waals surface area contributed by atoms with Crippen LogP contribution >= 0.6 is 11.3 Å². The summed E-state index contributed by atoms with van der Waals surface area (Å²) in [5.74, 6) is 1.89. The van der Waals surface area contributed by atoms with Crippen molar-refractivity contribution in [3.63, 3.8) is 0 Å². The summed E-state index contributed by atoms with van der Waals surface area (Å²) in [6, 6.07) is 80.3. The zero-order valence-electron chi connectivity index (χ0n) is 33.6. The number of hydrogen-bond acceptors (Lipinski definition) is 4. The van der Waals surface area contributed by atoms with Crippen molar-refractivity contribution in [2.24, 2.45) is 0 Å². The molecule has 4 heteroatoms. The highest BCUT2D eigenvalue weighted by Crippen LogP contribution is 2.58. The molecule has 0 N–H and O–H groups in total. The third kappa shape index (κ3) is 5.76. The van der Waals surface area contributed by atoms with E-state index in [9.17, 15) is 0 Å². The molecular weight excluding hydrogens is 771 g/mol. The van der Waals surface area contributed by atoms with Gasteiger partial charge in [0.1, 0.15) is 0 Å². The molecule has 0 atom stereocenters. The maximum atomic E-state index is 5.38. The predicted molar refractivity (Wildman–Crippen MR) is 257 cm³/mol. The maximum absolute atomic E-state index is 5.38. The summed E-state index contributed by atoms with van der Waals surface area (Å²) in [6.45, 7) is 0. The molecule has 0 bridgehead atoms. The molecule has 3 nitrogen and oxygen atoms in total. The van der Waals surface area contributed by atoms with Gasteiger partial charge in [0.2, 0.25) is 0 Å². The Kier molecular flexibility index (Phi) is 8.58. The van der Waals surface area contributed by atoms with E-state index in [1.165, 1.54) is 53.6 Å². The fourth-order valence-electron chi connectivity index (χ4n) is 9.68. The van der Waals surface area contributed by atoms with Gasteiger partial charge < -0.3 is 0 Å². The van der Waals surface area contributed by atoms with Crippen molar-refractivity contribution in [3.05, 3.63) is 247 Å². The van der Waals surface area contributed by atoms with Crippen molar-refractivity contribution in [2.45, 2.75) is 5.41 Å². The first kappa shape index (κ1) is 36.1. The smallest absolute Gasteiger partial charge is 0.164 e. The number of nitrogens with zero attached hydrogens (tertiary/aromatic N) is 3. The van der Waals surface area contributed by atoms with Crippen LogP contribution in [0, 0.1) is 0 Å². The Morgan fingerprint density at radius 1 is 0.323 bits per heavy atom. The van der Waals surface area contributed by atoms with Gasteiger partial charge in [-0.3, -0.25) is 0 Å². The van der Waals surface area contributed by atoms with Gasteiger partial charge in [-0.15, -0.1) is 11.3 Å². The molecule has 1 aliphatic carbocycles. The van der Waals surface area contributed by atoms with Crippen molar-refractivity contribution in [2.75, 3.05) is 0 Å². The van der Waals surface area contributed by atoms with Crippen LogP contribution in [0.1, 0.15) is 22.3 Å². The molecule has 0 amide bonds. The van der Waals surface area contributed by atoms with Crippen molar-refractivity contribution in [1.82, 2.24) is 15.0 Å². The maximum Gasteiger partial charge on any atom is 0.164 e. The number of rotatable bonds is 7. The first-order valence-electron chi connectivity index (χ1n) is 21.0. The third-order valence-corrected chi connectivity index (χ3v) is 13.7. The fourth-order valence-corrected chi connectivity index (χ4v) is 10.9. The Labute approximate surface area is 364 Å². The lowest BCUT2D eigenvalue weighted by Crippen LogP contribution is -2.28. The van der Waals surface area contributed by atoms with Crippen molar-refractivity contribution in [1.29, 1.82) is 0 Å². The number of aromatic nitrogens is 3. The second-order valence-electron chi connectivity index (χ2n) is 15.9. The van der Waals surface area contributed by atoms with Gasteiger partial charge in [0, 0.05) is 36.9 Å². The summed E-state index contributed by atoms with van der Waals surface area (Å²) in [6.07, 6.45) is 0. The molecule has 9 aromatic carbocycles. The Morgan fingerprint density at radius 2 is 0.839 bits per heavy atom. The zero-order valence-corrected chi connectivity index (χ0v) is 34.4. The minimum absolute atomic E-state index is 0.541. The molecule has 2 heterocycles. The summed E-state index contributed by atoms with van der Waals surface area (Å²) >= 11 is 1.85. The molecule has 0 aliphatic heterocycles. The lowest BCUT2D eigenvalue weighted by atomic mass is 9.67. The van der Waals surface area contributed by atoms with Gasteiger partial charge in [-0.25, -0.2) is 15.0 Å². The molecule has 0 fully saturated rings. The SMILES string of the molecule is c1ccc(-c2cccc(-c3nc(-c4ccc(-c5cccc6c5sc5ccccc56)cc4)nc(-c4cccc5c4-c4ccccc4C5(c4ccccc4)c4ccccc4)n3)c2)cc1. The molecule has 1 aliphatic rings. The predicted octanol–water partition coefficient (Wildman–Crippen LogP) is 14.9. The minimum atomic E-state index is -0.541. The molecule has 62 heavy (non-hydrogen) atoms. The summed E-state index contributed by atoms with van der Waals surface area (Å²) < 4.78 is 2.60. The van der Waals surface area contributed by atoms with E-state index in [0.717, 1.165) is 38.9 Å². The Morgan fingerprint density at radius 3 is 1.61 bits per heavy atom. The minimum Gasteiger partial charge on any atom is -0.208 e. The second-order valence-corrected chi connectivity index (χ2v) is 16.9. The zero-order chi connectivity index (χ0) is 41.0. The van der Waals surface area contributed by atoms with Crippen LogP contribution in [0.4, 0.5) is 0 Å². The molecular formula is C58H37N3S. The van der Waals surface area contributed by atoms with Crippen LogP contribution in [0.5, 0.6) is 0 Å². The van der Waals surface area contributed by atoms with E-state index in [2.05, 4.69) is 218 Å². The highest BCUT2D eigenvalue weighted by atomic mass is 32.1. The van der Waals surface area contributed by atoms with Crippen LogP contribution in [0.25, 0.3) is 87.7 Å². The summed E-state index contributed by atoms with van der Waals surface area (Å²) in [5, 5.41) is 2.59. The average Bonchev–Trinajstić information content (AvgIpc) is 3.89. The quantitative estimate of drug-likeness (QED) is 0.161. The lowest BCUT2D eigenvalue weighted by Gasteiger charge is -2.33. The molecule has 0 spiro atoms. The average molecular weight is 808 g/mol. The van der Waals surface area contributed by atoms with Crippen molar-refractivity contribution in [3.8, 4) is 67.5 Å². The van der Waals surface area contributed by atoms with Crippen LogP contribution in [0.2, 0.25) is 0 Å². The number of fused-ring (bicyclic) bond motifs is 6. The van der Waals surface area contributed by atoms with Gasteiger partial charge in [-0.2, -0.15) is 0 Å². The Balaban J connectivity index is 1.06. The van der Waals surface area contributed by atoms with Crippen LogP contribution in [0.3, 0.4) is 0 Å². The molecule has 2 aromatic heterocycles. The van der Waals surface area contributed by atoms with Crippen LogP contribution < -0.4 is 0 Å². The van der Waals surface area contributed by atoms with E-state index in [1.807, 2.05) is 17.4 Å². The van der Waals surface area contributed by atoms with E-state index in [1.54, 1.807) is 0 Å². The monoisotopic (exact) mass is 807 g/mol. The largest absolute Gasteiger partial charge is 0.208 e. The van der Waals surface area contributed by atoms with E-state index in [0.29, 0.717) is 17.5 Å². The number of thiophene rings is 1. The number of benzene rings is 9. The van der Waals surface area contributed by atoms with Crippen LogP contribution in [-0.2, 0) is 5.41 Å². The third-order valence-electron chi connectivity index (χ3n) is 12.4. The molecule has 0 saturated carbocycles. The summed E-state index contributed by atoms with van der Waals surface area (Å²) in [4.78, 5) is 16.0. The van der Waals surface area contributed by atoms with Gasteiger partial charge in [-0.05, 0) is 67.8 Å². The first-order chi connectivity index (χ1) is 30.7. The van der Waals surface area contributed by atoms with Gasteiger partial charge in [-0.1, -0.05) is 212 Å². The van der Waals surface area contributed by atoms with Crippen molar-refractivity contribution < 1.29 is 0 Å². The Bertz CT molecular complexity index is 3410. The summed E-state index contributed by atoms with van der Waals surface area (Å²) in [7, 11) is 0. The highest BCUT2D eigenvalue weighted by molar-refractivity contribution is 7.26. The van der Waals surface area contributed by atoms with Crippen LogP contribution in [0.15, 0.2) is 224 Å². The van der Waals surface area contributed by atoms with Gasteiger partial charge >= 0.3 is 0 Å². The highest BCUT2D eigenvalue weighted by Gasteiger charge is 2.47. The normalized spacial score (nSPS) is 12.6. The summed E-state index contributed by atoms with van der Waals surface area (Å²) in [5.41, 5.74) is 14.1. The Hall–Kier alpha value is -7.79. The fraction of sp³-hybridized carbons (Fsp3) is 0.0172. The van der Waals surface area contributed by atoms with Crippen molar-refractivity contribution >= 4 is 31.5 Å². The first-order valence-corrected chi connectivity index (χ1v) is 21.8. The topological polar surface area (TPSA) is 38.7 Å². The van der Waals surface area contributed by atoms with E-state index >= 15 is 0 Å². The standard InChI is InChI=1S/C58H37N3S/c1-4-17-38(18-5-1)41-19-14-20-42(37-41)56-59-55(40-35-33-39(34-36-40)45-27-15-28-47-46-25-11-13-32-52(46)62-54(45)47)60-57(61-56)49-29-16-31-51-53(49)48-26-10-12-30-50(48)58(51,43-21-6-2-7-22-43)44-23-8-3-9-24-44/h1-37H. The van der Waals surface area contributed by atoms with E-state index < -0.39 is 5.41 Å². The van der Waals surface area contributed by atoms with Gasteiger partial charge in [0.25, 0.3) is 0 Å². The molecule has 290 valence electrons. The van der Waals surface area contributed by atoms with E-state index in [-0.39, 0.29) is 0 Å². The molecule has 0 saturated heterocycles. The van der Waals surface area contributed by atoms with E-state index in [4.69, 9.17) is 15.0 Å². The van der Waals surface area contributed by atoms with Crippen LogP contribution in [-0.4, -0.2) is 15.0 Å². The second kappa shape index (κ2) is 14.7. The van der Waals surface area contributed by atoms with Gasteiger partial charge in [0.05, 0.1) is 5.41 Å². The molecule has 12 rings (SSSR count). The lowest BCUT2D eigenvalue weighted by molar-refractivity contribution is 0.768. The molecule has 0 unspecified atom stereocenters.